The number of hydrogen-bond donors (Lipinski definition) is 1. The van der Waals surface area contributed by atoms with Gasteiger partial charge in [0.1, 0.15) is 0 Å². The predicted octanol–water partition coefficient (Wildman–Crippen LogP) is 1.64. The Hall–Kier alpha value is -0.0400. The molecule has 0 aromatic rings. The minimum absolute atomic E-state index is 0.898. The lowest BCUT2D eigenvalue weighted by Gasteiger charge is -2.04. The average Bonchev–Trinajstić information content (AvgIpc) is 1.97. The molecule has 2 atom stereocenters. The Balaban J connectivity index is 2.25. The monoisotopic (exact) mass is 127 g/mol. The summed E-state index contributed by atoms with van der Waals surface area (Å²) in [6.45, 7) is 7.10. The van der Waals surface area contributed by atoms with Gasteiger partial charge in [-0.15, -0.1) is 0 Å². The van der Waals surface area contributed by atoms with Crippen molar-refractivity contribution >= 4 is 0 Å². The van der Waals surface area contributed by atoms with Crippen molar-refractivity contribution in [3.05, 3.63) is 0 Å². The van der Waals surface area contributed by atoms with E-state index in [0.29, 0.717) is 0 Å². The first-order chi connectivity index (χ1) is 4.29. The van der Waals surface area contributed by atoms with E-state index < -0.39 is 0 Å². The number of rotatable bonds is 0. The van der Waals surface area contributed by atoms with Crippen molar-refractivity contribution < 1.29 is 0 Å². The second-order valence-corrected chi connectivity index (χ2v) is 3.45. The second kappa shape index (κ2) is 3.21. The summed E-state index contributed by atoms with van der Waals surface area (Å²) in [5.41, 5.74) is 0. The lowest BCUT2D eigenvalue weighted by Crippen LogP contribution is -2.21. The standard InChI is InChI=1S/C8H17N/c1-7-3-4-8(2)6-9-5-7/h7-9H,3-6H2,1-2H3/t7-,8+. The Morgan fingerprint density at radius 2 is 1.44 bits per heavy atom. The van der Waals surface area contributed by atoms with Gasteiger partial charge in [0.15, 0.2) is 0 Å². The molecule has 0 amide bonds. The minimum Gasteiger partial charge on any atom is -0.316 e. The van der Waals surface area contributed by atoms with Gasteiger partial charge in [-0.3, -0.25) is 0 Å². The van der Waals surface area contributed by atoms with Crippen LogP contribution in [0, 0.1) is 11.8 Å². The van der Waals surface area contributed by atoms with Crippen LogP contribution in [-0.2, 0) is 0 Å². The summed E-state index contributed by atoms with van der Waals surface area (Å²) in [7, 11) is 0. The summed E-state index contributed by atoms with van der Waals surface area (Å²) in [6.07, 6.45) is 2.82. The van der Waals surface area contributed by atoms with Crippen LogP contribution in [0.2, 0.25) is 0 Å². The maximum Gasteiger partial charge on any atom is -0.00230 e. The van der Waals surface area contributed by atoms with Crippen molar-refractivity contribution in [3.8, 4) is 0 Å². The smallest absolute Gasteiger partial charge is 0.00230 e. The Labute approximate surface area is 57.8 Å². The highest BCUT2D eigenvalue weighted by Crippen LogP contribution is 2.14. The molecule has 9 heavy (non-hydrogen) atoms. The van der Waals surface area contributed by atoms with Gasteiger partial charge in [-0.2, -0.15) is 0 Å². The Morgan fingerprint density at radius 3 is 1.89 bits per heavy atom. The fourth-order valence-corrected chi connectivity index (χ4v) is 1.35. The molecule has 0 aromatic carbocycles. The van der Waals surface area contributed by atoms with E-state index in [4.69, 9.17) is 0 Å². The maximum absolute atomic E-state index is 3.45. The molecule has 54 valence electrons. The molecule has 1 aliphatic heterocycles. The first-order valence-electron chi connectivity index (χ1n) is 3.99. The third kappa shape index (κ3) is 2.35. The summed E-state index contributed by atoms with van der Waals surface area (Å²) in [4.78, 5) is 0. The van der Waals surface area contributed by atoms with E-state index in [-0.39, 0.29) is 0 Å². The van der Waals surface area contributed by atoms with Gasteiger partial charge >= 0.3 is 0 Å². The van der Waals surface area contributed by atoms with E-state index in [0.717, 1.165) is 11.8 Å². The van der Waals surface area contributed by atoms with Crippen molar-refractivity contribution in [1.82, 2.24) is 5.32 Å². The molecular weight excluding hydrogens is 110 g/mol. The lowest BCUT2D eigenvalue weighted by molar-refractivity contribution is 0.498. The highest BCUT2D eigenvalue weighted by Gasteiger charge is 2.10. The van der Waals surface area contributed by atoms with Crippen LogP contribution in [0.15, 0.2) is 0 Å². The molecule has 0 radical (unpaired) electrons. The molecule has 0 bridgehead atoms. The van der Waals surface area contributed by atoms with E-state index in [2.05, 4.69) is 19.2 Å². The zero-order valence-electron chi connectivity index (χ0n) is 6.48. The number of nitrogens with one attached hydrogen (secondary N) is 1. The molecule has 0 saturated carbocycles. The van der Waals surface area contributed by atoms with Gasteiger partial charge in [-0.25, -0.2) is 0 Å². The molecule has 1 aliphatic rings. The average molecular weight is 127 g/mol. The largest absolute Gasteiger partial charge is 0.316 e. The van der Waals surface area contributed by atoms with Crippen LogP contribution in [0.3, 0.4) is 0 Å². The molecule has 1 nitrogen and oxygen atoms in total. The van der Waals surface area contributed by atoms with Crippen molar-refractivity contribution in [1.29, 1.82) is 0 Å². The van der Waals surface area contributed by atoms with Gasteiger partial charge < -0.3 is 5.32 Å². The molecule has 1 heterocycles. The van der Waals surface area contributed by atoms with Crippen LogP contribution >= 0.6 is 0 Å². The summed E-state index contributed by atoms with van der Waals surface area (Å²) in [6, 6.07) is 0. The quantitative estimate of drug-likeness (QED) is 0.521. The molecule has 0 spiro atoms. The molecule has 0 unspecified atom stereocenters. The summed E-state index contributed by atoms with van der Waals surface area (Å²) in [5.74, 6) is 1.80. The van der Waals surface area contributed by atoms with E-state index >= 15 is 0 Å². The third-order valence-electron chi connectivity index (χ3n) is 2.14. The van der Waals surface area contributed by atoms with Crippen molar-refractivity contribution in [2.45, 2.75) is 26.7 Å². The van der Waals surface area contributed by atoms with Crippen molar-refractivity contribution in [2.75, 3.05) is 13.1 Å². The van der Waals surface area contributed by atoms with Crippen molar-refractivity contribution in [2.24, 2.45) is 11.8 Å². The van der Waals surface area contributed by atoms with Crippen LogP contribution in [0.5, 0.6) is 0 Å². The first kappa shape index (κ1) is 7.07. The van der Waals surface area contributed by atoms with Crippen LogP contribution in [0.4, 0.5) is 0 Å². The van der Waals surface area contributed by atoms with E-state index in [1.807, 2.05) is 0 Å². The summed E-state index contributed by atoms with van der Waals surface area (Å²) >= 11 is 0. The topological polar surface area (TPSA) is 12.0 Å². The van der Waals surface area contributed by atoms with E-state index in [1.54, 1.807) is 0 Å². The van der Waals surface area contributed by atoms with Gasteiger partial charge in [-0.1, -0.05) is 13.8 Å². The van der Waals surface area contributed by atoms with Gasteiger partial charge in [0, 0.05) is 0 Å². The van der Waals surface area contributed by atoms with Gasteiger partial charge in [0.2, 0.25) is 0 Å². The SMILES string of the molecule is C[C@@H]1CC[C@H](C)CNC1. The molecule has 1 fully saturated rings. The van der Waals surface area contributed by atoms with Gasteiger partial charge in [0.05, 0.1) is 0 Å². The fourth-order valence-electron chi connectivity index (χ4n) is 1.35. The Morgan fingerprint density at radius 1 is 1.00 bits per heavy atom. The predicted molar refractivity (Wildman–Crippen MR) is 40.4 cm³/mol. The Bertz CT molecular complexity index is 70.6. The first-order valence-corrected chi connectivity index (χ1v) is 3.99. The highest BCUT2D eigenvalue weighted by molar-refractivity contribution is 4.67. The number of hydrogen-bond acceptors (Lipinski definition) is 1. The maximum atomic E-state index is 3.45. The lowest BCUT2D eigenvalue weighted by atomic mass is 10.0. The molecular formula is C8H17N. The normalized spacial score (nSPS) is 38.0. The fraction of sp³-hybridized carbons (Fsp3) is 1.00. The minimum atomic E-state index is 0.898. The summed E-state index contributed by atoms with van der Waals surface area (Å²) < 4.78 is 0. The Kier molecular flexibility index (Phi) is 2.52. The van der Waals surface area contributed by atoms with Gasteiger partial charge in [-0.05, 0) is 37.8 Å². The molecule has 1 rings (SSSR count). The van der Waals surface area contributed by atoms with E-state index in [9.17, 15) is 0 Å². The molecule has 0 aromatic heterocycles. The van der Waals surface area contributed by atoms with Crippen molar-refractivity contribution in [3.63, 3.8) is 0 Å². The zero-order valence-corrected chi connectivity index (χ0v) is 6.48. The molecule has 1 N–H and O–H groups in total. The zero-order chi connectivity index (χ0) is 6.69. The van der Waals surface area contributed by atoms with Crippen LogP contribution in [0.25, 0.3) is 0 Å². The molecule has 1 saturated heterocycles. The van der Waals surface area contributed by atoms with Crippen LogP contribution in [-0.4, -0.2) is 13.1 Å². The second-order valence-electron chi connectivity index (χ2n) is 3.45. The third-order valence-corrected chi connectivity index (χ3v) is 2.14. The molecule has 1 heteroatoms. The van der Waals surface area contributed by atoms with Gasteiger partial charge in [0.25, 0.3) is 0 Å². The summed E-state index contributed by atoms with van der Waals surface area (Å²) in [5, 5.41) is 3.45. The van der Waals surface area contributed by atoms with Crippen LogP contribution in [0.1, 0.15) is 26.7 Å². The highest BCUT2D eigenvalue weighted by atomic mass is 14.9. The van der Waals surface area contributed by atoms with E-state index in [1.165, 1.54) is 25.9 Å². The van der Waals surface area contributed by atoms with Crippen LogP contribution < -0.4 is 5.32 Å². The molecule has 0 aliphatic carbocycles.